The zero-order valence-electron chi connectivity index (χ0n) is 17.1. The first-order chi connectivity index (χ1) is 14.2. The van der Waals surface area contributed by atoms with Crippen LogP contribution in [-0.2, 0) is 11.3 Å². The first kappa shape index (κ1) is 19.0. The maximum atomic E-state index is 13.6. The third-order valence-electron chi connectivity index (χ3n) is 7.46. The van der Waals surface area contributed by atoms with Crippen LogP contribution in [0.4, 0.5) is 5.95 Å². The summed E-state index contributed by atoms with van der Waals surface area (Å²) in [7, 11) is 0. The van der Waals surface area contributed by atoms with Crippen LogP contribution in [0.1, 0.15) is 31.1 Å². The molecule has 3 fully saturated rings. The summed E-state index contributed by atoms with van der Waals surface area (Å²) in [5, 5.41) is 2.15. The maximum Gasteiger partial charge on any atom is 0.231 e. The van der Waals surface area contributed by atoms with E-state index in [0.717, 1.165) is 71.0 Å². The number of hydrogen-bond donors (Lipinski definition) is 0. The van der Waals surface area contributed by atoms with E-state index in [-0.39, 0.29) is 10.8 Å². The van der Waals surface area contributed by atoms with E-state index in [9.17, 15) is 4.79 Å². The van der Waals surface area contributed by atoms with Crippen LogP contribution in [0.3, 0.4) is 0 Å². The Morgan fingerprint density at radius 3 is 2.52 bits per heavy atom. The third kappa shape index (κ3) is 3.06. The van der Waals surface area contributed by atoms with Gasteiger partial charge >= 0.3 is 0 Å². The first-order valence-electron chi connectivity index (χ1n) is 10.7. The smallest absolute Gasteiger partial charge is 0.231 e. The fourth-order valence-corrected chi connectivity index (χ4v) is 6.58. The number of rotatable bonds is 4. The standard InChI is InChI=1S/C22H29N5OS/c1-2-26-13-8-22(19(26)28)17-27(20-23-9-4-10-24-20)16-21(22)6-11-25(12-7-21)15-18-5-3-14-29-18/h3-5,9-10,14H,2,6-8,11-13,15-17H2,1H3/t22-/m1/s1. The number of nitrogens with zero attached hydrogens (tertiary/aromatic N) is 5. The molecule has 1 atom stereocenters. The molecular weight excluding hydrogens is 382 g/mol. The van der Waals surface area contributed by atoms with Gasteiger partial charge in [0, 0.05) is 55.4 Å². The first-order valence-corrected chi connectivity index (χ1v) is 11.6. The lowest BCUT2D eigenvalue weighted by Crippen LogP contribution is -2.52. The summed E-state index contributed by atoms with van der Waals surface area (Å²) >= 11 is 1.83. The number of carbonyl (C=O) groups is 1. The van der Waals surface area contributed by atoms with Crippen molar-refractivity contribution in [2.24, 2.45) is 10.8 Å². The second-order valence-corrected chi connectivity index (χ2v) is 9.79. The van der Waals surface area contributed by atoms with Crippen molar-refractivity contribution in [3.8, 4) is 0 Å². The van der Waals surface area contributed by atoms with Crippen molar-refractivity contribution in [2.45, 2.75) is 32.7 Å². The van der Waals surface area contributed by atoms with Crippen LogP contribution in [0, 0.1) is 10.8 Å². The maximum absolute atomic E-state index is 13.6. The van der Waals surface area contributed by atoms with Crippen molar-refractivity contribution in [1.29, 1.82) is 0 Å². The average Bonchev–Trinajstić information content (AvgIpc) is 3.46. The van der Waals surface area contributed by atoms with Gasteiger partial charge in [0.1, 0.15) is 0 Å². The minimum Gasteiger partial charge on any atom is -0.342 e. The van der Waals surface area contributed by atoms with Crippen molar-refractivity contribution in [1.82, 2.24) is 19.8 Å². The Labute approximate surface area is 176 Å². The molecule has 0 aromatic carbocycles. The van der Waals surface area contributed by atoms with Crippen LogP contribution < -0.4 is 4.90 Å². The zero-order valence-corrected chi connectivity index (χ0v) is 17.9. The van der Waals surface area contributed by atoms with E-state index in [4.69, 9.17) is 0 Å². The normalized spacial score (nSPS) is 26.9. The number of carbonyl (C=O) groups excluding carboxylic acids is 1. The monoisotopic (exact) mass is 411 g/mol. The lowest BCUT2D eigenvalue weighted by atomic mass is 9.60. The van der Waals surface area contributed by atoms with Gasteiger partial charge in [-0.2, -0.15) is 0 Å². The highest BCUT2D eigenvalue weighted by Gasteiger charge is 2.65. The van der Waals surface area contributed by atoms with Gasteiger partial charge in [-0.25, -0.2) is 9.97 Å². The number of likely N-dealkylation sites (tertiary alicyclic amines) is 2. The van der Waals surface area contributed by atoms with Gasteiger partial charge in [0.25, 0.3) is 0 Å². The Morgan fingerprint density at radius 2 is 1.86 bits per heavy atom. The van der Waals surface area contributed by atoms with Gasteiger partial charge in [-0.15, -0.1) is 11.3 Å². The minimum atomic E-state index is -0.281. The lowest BCUT2D eigenvalue weighted by Gasteiger charge is -2.46. The molecule has 0 saturated carbocycles. The van der Waals surface area contributed by atoms with E-state index in [1.54, 1.807) is 12.4 Å². The molecular formula is C22H29N5OS. The molecule has 29 heavy (non-hydrogen) atoms. The molecule has 0 radical (unpaired) electrons. The number of piperidine rings is 1. The highest BCUT2D eigenvalue weighted by atomic mass is 32.1. The summed E-state index contributed by atoms with van der Waals surface area (Å²) in [5.41, 5.74) is -0.254. The molecule has 0 bridgehead atoms. The van der Waals surface area contributed by atoms with Gasteiger partial charge in [-0.05, 0) is 56.8 Å². The second-order valence-electron chi connectivity index (χ2n) is 8.76. The summed E-state index contributed by atoms with van der Waals surface area (Å²) in [6.45, 7) is 8.60. The summed E-state index contributed by atoms with van der Waals surface area (Å²) < 4.78 is 0. The number of aromatic nitrogens is 2. The van der Waals surface area contributed by atoms with Gasteiger partial charge in [0.15, 0.2) is 0 Å². The van der Waals surface area contributed by atoms with Crippen LogP contribution in [0.15, 0.2) is 36.0 Å². The van der Waals surface area contributed by atoms with Crippen molar-refractivity contribution < 1.29 is 4.79 Å². The van der Waals surface area contributed by atoms with Crippen molar-refractivity contribution in [2.75, 3.05) is 44.2 Å². The number of amides is 1. The fourth-order valence-electron chi connectivity index (χ4n) is 5.84. The van der Waals surface area contributed by atoms with Gasteiger partial charge < -0.3 is 9.80 Å². The third-order valence-corrected chi connectivity index (χ3v) is 8.33. The van der Waals surface area contributed by atoms with Crippen LogP contribution >= 0.6 is 11.3 Å². The molecule has 5 heterocycles. The average molecular weight is 412 g/mol. The van der Waals surface area contributed by atoms with Crippen LogP contribution in [-0.4, -0.2) is 64.9 Å². The number of anilines is 1. The van der Waals surface area contributed by atoms with Crippen LogP contribution in [0.2, 0.25) is 0 Å². The molecule has 2 aromatic rings. The van der Waals surface area contributed by atoms with E-state index in [0.29, 0.717) is 5.91 Å². The predicted octanol–water partition coefficient (Wildman–Crippen LogP) is 2.88. The van der Waals surface area contributed by atoms with Crippen molar-refractivity contribution >= 4 is 23.2 Å². The molecule has 2 aromatic heterocycles. The molecule has 0 N–H and O–H groups in total. The summed E-state index contributed by atoms with van der Waals surface area (Å²) in [6.07, 6.45) is 6.72. The number of hydrogen-bond acceptors (Lipinski definition) is 6. The Bertz CT molecular complexity index is 849. The lowest BCUT2D eigenvalue weighted by molar-refractivity contribution is -0.142. The predicted molar refractivity (Wildman–Crippen MR) is 115 cm³/mol. The molecule has 0 aliphatic carbocycles. The molecule has 6 nitrogen and oxygen atoms in total. The highest BCUT2D eigenvalue weighted by molar-refractivity contribution is 7.09. The molecule has 3 aliphatic heterocycles. The molecule has 154 valence electrons. The van der Waals surface area contributed by atoms with E-state index in [2.05, 4.69) is 49.1 Å². The minimum absolute atomic E-state index is 0.0269. The quantitative estimate of drug-likeness (QED) is 0.774. The molecule has 7 heteroatoms. The largest absolute Gasteiger partial charge is 0.342 e. The van der Waals surface area contributed by atoms with E-state index in [1.807, 2.05) is 17.4 Å². The van der Waals surface area contributed by atoms with Gasteiger partial charge in [-0.3, -0.25) is 9.69 Å². The molecule has 1 amide bonds. The second kappa shape index (κ2) is 7.36. The molecule has 3 aliphatic rings. The SMILES string of the molecule is CCN1CC[C@@]2(CN(c3ncccn3)CC23CCN(Cc2cccs2)CC3)C1=O. The Balaban J connectivity index is 1.41. The van der Waals surface area contributed by atoms with Gasteiger partial charge in [-0.1, -0.05) is 6.07 Å². The van der Waals surface area contributed by atoms with Crippen LogP contribution in [0.25, 0.3) is 0 Å². The van der Waals surface area contributed by atoms with Crippen molar-refractivity contribution in [3.63, 3.8) is 0 Å². The molecule has 0 unspecified atom stereocenters. The van der Waals surface area contributed by atoms with E-state index in [1.165, 1.54) is 4.88 Å². The summed E-state index contributed by atoms with van der Waals surface area (Å²) in [6, 6.07) is 6.21. The summed E-state index contributed by atoms with van der Waals surface area (Å²) in [4.78, 5) is 30.9. The van der Waals surface area contributed by atoms with Gasteiger partial charge in [0.05, 0.1) is 5.41 Å². The molecule has 3 saturated heterocycles. The fraction of sp³-hybridized carbons (Fsp3) is 0.591. The Kier molecular flexibility index (Phi) is 4.82. The van der Waals surface area contributed by atoms with Crippen molar-refractivity contribution in [3.05, 3.63) is 40.8 Å². The Morgan fingerprint density at radius 1 is 1.07 bits per heavy atom. The molecule has 2 spiro atoms. The van der Waals surface area contributed by atoms with Gasteiger partial charge in [0.2, 0.25) is 11.9 Å². The number of thiophene rings is 1. The summed E-state index contributed by atoms with van der Waals surface area (Å²) in [5.74, 6) is 1.14. The Hall–Kier alpha value is -1.99. The van der Waals surface area contributed by atoms with Crippen LogP contribution in [0.5, 0.6) is 0 Å². The highest BCUT2D eigenvalue weighted by Crippen LogP contribution is 2.58. The topological polar surface area (TPSA) is 52.6 Å². The molecule has 5 rings (SSSR count). The number of fused-ring (bicyclic) bond motifs is 1. The van der Waals surface area contributed by atoms with E-state index >= 15 is 0 Å². The zero-order chi connectivity index (χ0) is 19.9. The van der Waals surface area contributed by atoms with E-state index < -0.39 is 0 Å².